The van der Waals surface area contributed by atoms with Crippen LogP contribution in [0.15, 0.2) is 35.4 Å². The number of nitrogens with zero attached hydrogens (tertiary/aromatic N) is 3. The zero-order valence-corrected chi connectivity index (χ0v) is 20.6. The van der Waals surface area contributed by atoms with E-state index in [0.29, 0.717) is 32.0 Å². The Balaban J connectivity index is 1.61. The number of rotatable bonds is 5. The van der Waals surface area contributed by atoms with Crippen LogP contribution in [0.25, 0.3) is 10.7 Å². The van der Waals surface area contributed by atoms with E-state index in [1.165, 1.54) is 11.3 Å². The molecule has 170 valence electrons. The number of hydrogen-bond acceptors (Lipinski definition) is 5. The molecule has 0 spiro atoms. The maximum Gasteiger partial charge on any atom is 0.265 e. The van der Waals surface area contributed by atoms with Gasteiger partial charge < -0.3 is 9.47 Å². The molecule has 1 saturated heterocycles. The van der Waals surface area contributed by atoms with Gasteiger partial charge in [0.2, 0.25) is 0 Å². The van der Waals surface area contributed by atoms with Gasteiger partial charge >= 0.3 is 0 Å². The number of benzene rings is 1. The largest absolute Gasteiger partial charge is 0.347 e. The Kier molecular flexibility index (Phi) is 6.33. The highest BCUT2D eigenvalue weighted by molar-refractivity contribution is 7.92. The number of amides is 1. The maximum absolute atomic E-state index is 13.0. The highest BCUT2D eigenvalue weighted by atomic mass is 35.5. The van der Waals surface area contributed by atoms with Crippen molar-refractivity contribution >= 4 is 44.6 Å². The highest BCUT2D eigenvalue weighted by Gasteiger charge is 2.25. The van der Waals surface area contributed by atoms with Gasteiger partial charge in [0, 0.05) is 31.4 Å². The first kappa shape index (κ1) is 22.8. The Morgan fingerprint density at radius 1 is 1.16 bits per heavy atom. The molecule has 10 heteroatoms. The van der Waals surface area contributed by atoms with Crippen LogP contribution in [0, 0.1) is 13.8 Å². The molecule has 0 bridgehead atoms. The summed E-state index contributed by atoms with van der Waals surface area (Å²) in [5, 5.41) is 1.16. The summed E-state index contributed by atoms with van der Waals surface area (Å²) >= 11 is 7.28. The zero-order valence-electron chi connectivity index (χ0n) is 18.2. The number of hydrogen-bond donors (Lipinski definition) is 1. The molecule has 32 heavy (non-hydrogen) atoms. The number of thiazole rings is 1. The van der Waals surface area contributed by atoms with Crippen LogP contribution in [0.5, 0.6) is 0 Å². The number of halogens is 1. The van der Waals surface area contributed by atoms with Crippen LogP contribution in [0.4, 0.5) is 5.69 Å². The molecule has 1 N–H and O–H groups in total. The van der Waals surface area contributed by atoms with Gasteiger partial charge in [-0.1, -0.05) is 11.6 Å². The fraction of sp³-hybridized carbons (Fsp3) is 0.364. The van der Waals surface area contributed by atoms with Gasteiger partial charge in [0.05, 0.1) is 17.1 Å². The molecule has 1 aromatic carbocycles. The van der Waals surface area contributed by atoms with Gasteiger partial charge in [-0.25, -0.2) is 13.4 Å². The number of carbonyl (C=O) groups excluding carboxylic acids is 1. The van der Waals surface area contributed by atoms with Crippen molar-refractivity contribution in [2.75, 3.05) is 17.8 Å². The zero-order chi connectivity index (χ0) is 23.0. The quantitative estimate of drug-likeness (QED) is 0.552. The average Bonchev–Trinajstić information content (AvgIpc) is 3.33. The molecule has 7 nitrogen and oxygen atoms in total. The van der Waals surface area contributed by atoms with E-state index in [1.54, 1.807) is 49.0 Å². The summed E-state index contributed by atoms with van der Waals surface area (Å²) in [6.07, 6.45) is 4.75. The van der Waals surface area contributed by atoms with Gasteiger partial charge in [-0.05, 0) is 62.9 Å². The summed E-state index contributed by atoms with van der Waals surface area (Å²) in [5.41, 5.74) is 2.51. The molecule has 0 saturated carbocycles. The molecule has 4 rings (SSSR count). The minimum atomic E-state index is -3.81. The van der Waals surface area contributed by atoms with Crippen LogP contribution in [0.2, 0.25) is 5.02 Å². The normalized spacial score (nSPS) is 14.6. The lowest BCUT2D eigenvalue weighted by atomic mass is 10.1. The highest BCUT2D eigenvalue weighted by Crippen LogP contribution is 2.32. The van der Waals surface area contributed by atoms with Crippen LogP contribution in [0.3, 0.4) is 0 Å². The van der Waals surface area contributed by atoms with Crippen molar-refractivity contribution < 1.29 is 13.2 Å². The van der Waals surface area contributed by atoms with E-state index in [2.05, 4.69) is 9.71 Å². The minimum Gasteiger partial charge on any atom is -0.347 e. The molecule has 1 amide bonds. The number of aryl methyl sites for hydroxylation is 3. The molecule has 1 aliphatic heterocycles. The summed E-state index contributed by atoms with van der Waals surface area (Å²) in [6, 6.07) is 6.57. The van der Waals surface area contributed by atoms with E-state index in [1.807, 2.05) is 11.8 Å². The molecule has 2 aromatic heterocycles. The fourth-order valence-electron chi connectivity index (χ4n) is 3.78. The molecular weight excluding hydrogens is 468 g/mol. The number of nitrogens with one attached hydrogen (secondary N) is 1. The van der Waals surface area contributed by atoms with Crippen LogP contribution in [-0.4, -0.2) is 41.9 Å². The number of carbonyl (C=O) groups is 1. The van der Waals surface area contributed by atoms with E-state index in [-0.39, 0.29) is 10.8 Å². The molecule has 1 aliphatic rings. The van der Waals surface area contributed by atoms with Crippen molar-refractivity contribution in [1.82, 2.24) is 14.5 Å². The lowest BCUT2D eigenvalue weighted by Crippen LogP contribution is -2.35. The first-order valence-electron chi connectivity index (χ1n) is 10.4. The third-order valence-corrected chi connectivity index (χ3v) is 8.31. The van der Waals surface area contributed by atoms with Crippen molar-refractivity contribution in [3.8, 4) is 10.7 Å². The molecule has 3 heterocycles. The third-order valence-electron chi connectivity index (χ3n) is 5.58. The molecule has 0 radical (unpaired) electrons. The number of likely N-dealkylation sites (tertiary alicyclic amines) is 1. The number of piperidine rings is 1. The number of anilines is 1. The van der Waals surface area contributed by atoms with E-state index < -0.39 is 10.0 Å². The van der Waals surface area contributed by atoms with Crippen LogP contribution in [0.1, 0.15) is 40.2 Å². The van der Waals surface area contributed by atoms with Gasteiger partial charge in [0.25, 0.3) is 15.9 Å². The van der Waals surface area contributed by atoms with Crippen molar-refractivity contribution in [2.45, 2.75) is 38.0 Å². The predicted octanol–water partition coefficient (Wildman–Crippen LogP) is 4.85. The first-order valence-corrected chi connectivity index (χ1v) is 13.1. The predicted molar refractivity (Wildman–Crippen MR) is 128 cm³/mol. The van der Waals surface area contributed by atoms with Crippen LogP contribution in [-0.2, 0) is 17.1 Å². The van der Waals surface area contributed by atoms with Gasteiger partial charge in [0.1, 0.15) is 14.8 Å². The maximum atomic E-state index is 13.0. The number of sulfonamides is 1. The molecule has 0 atom stereocenters. The standard InChI is InChI=1S/C22H25ClN4O3S2/c1-14-11-16(23)7-8-18(14)25-32(29,30)17-12-19(26(3)13-17)21-24-15(2)20(31-21)22(28)27-9-5-4-6-10-27/h7-8,11-13,25H,4-6,9-10H2,1-3H3. The van der Waals surface area contributed by atoms with E-state index in [4.69, 9.17) is 11.6 Å². The Bertz CT molecular complexity index is 1270. The van der Waals surface area contributed by atoms with Crippen molar-refractivity contribution in [3.63, 3.8) is 0 Å². The first-order chi connectivity index (χ1) is 15.2. The Hall–Kier alpha value is -2.36. The Morgan fingerprint density at radius 3 is 2.56 bits per heavy atom. The lowest BCUT2D eigenvalue weighted by molar-refractivity contribution is 0.0728. The summed E-state index contributed by atoms with van der Waals surface area (Å²) in [6.45, 7) is 5.16. The topological polar surface area (TPSA) is 84.3 Å². The lowest BCUT2D eigenvalue weighted by Gasteiger charge is -2.26. The monoisotopic (exact) mass is 492 g/mol. The summed E-state index contributed by atoms with van der Waals surface area (Å²) in [4.78, 5) is 20.2. The van der Waals surface area contributed by atoms with Gasteiger partial charge in [-0.3, -0.25) is 9.52 Å². The van der Waals surface area contributed by atoms with E-state index in [0.717, 1.165) is 37.9 Å². The Morgan fingerprint density at radius 2 is 1.88 bits per heavy atom. The van der Waals surface area contributed by atoms with Crippen molar-refractivity contribution in [1.29, 1.82) is 0 Å². The third kappa shape index (κ3) is 4.55. The minimum absolute atomic E-state index is 0.00730. The summed E-state index contributed by atoms with van der Waals surface area (Å²) in [5.74, 6) is 0.00730. The SMILES string of the molecule is Cc1cc(Cl)ccc1NS(=O)(=O)c1cc(-c2nc(C)c(C(=O)N3CCCCC3)s2)n(C)c1. The average molecular weight is 493 g/mol. The van der Waals surface area contributed by atoms with Crippen molar-refractivity contribution in [2.24, 2.45) is 7.05 Å². The van der Waals surface area contributed by atoms with Gasteiger partial charge in [-0.2, -0.15) is 0 Å². The fourth-order valence-corrected chi connectivity index (χ4v) is 6.30. The van der Waals surface area contributed by atoms with Gasteiger partial charge in [-0.15, -0.1) is 11.3 Å². The van der Waals surface area contributed by atoms with Gasteiger partial charge in [0.15, 0.2) is 0 Å². The van der Waals surface area contributed by atoms with Crippen LogP contribution >= 0.6 is 22.9 Å². The summed E-state index contributed by atoms with van der Waals surface area (Å²) < 4.78 is 30.3. The number of aromatic nitrogens is 2. The second-order valence-corrected chi connectivity index (χ2v) is 11.1. The van der Waals surface area contributed by atoms with Crippen LogP contribution < -0.4 is 4.72 Å². The molecular formula is C22H25ClN4O3S2. The summed E-state index contributed by atoms with van der Waals surface area (Å²) in [7, 11) is -2.04. The smallest absolute Gasteiger partial charge is 0.265 e. The van der Waals surface area contributed by atoms with Crippen molar-refractivity contribution in [3.05, 3.63) is 51.6 Å². The molecule has 0 unspecified atom stereocenters. The molecule has 1 fully saturated rings. The van der Waals surface area contributed by atoms with E-state index in [9.17, 15) is 13.2 Å². The van der Waals surface area contributed by atoms with E-state index >= 15 is 0 Å². The molecule has 0 aliphatic carbocycles. The Labute approximate surface area is 197 Å². The second kappa shape index (κ2) is 8.88. The second-order valence-electron chi connectivity index (χ2n) is 8.02. The molecule has 3 aromatic rings.